The molecule has 2 saturated carbocycles. The van der Waals surface area contributed by atoms with Gasteiger partial charge in [0.05, 0.1) is 5.54 Å². The Morgan fingerprint density at radius 3 is 2.68 bits per heavy atom. The highest BCUT2D eigenvalue weighted by atomic mass is 16.2. The van der Waals surface area contributed by atoms with Crippen molar-refractivity contribution in [3.8, 4) is 0 Å². The van der Waals surface area contributed by atoms with Crippen LogP contribution in [0.3, 0.4) is 0 Å². The van der Waals surface area contributed by atoms with E-state index >= 15 is 0 Å². The van der Waals surface area contributed by atoms with E-state index in [1.165, 1.54) is 38.5 Å². The fourth-order valence-corrected chi connectivity index (χ4v) is 3.87. The third kappa shape index (κ3) is 4.20. The summed E-state index contributed by atoms with van der Waals surface area (Å²) in [6.45, 7) is 3.01. The van der Waals surface area contributed by atoms with Crippen molar-refractivity contribution >= 4 is 5.91 Å². The maximum absolute atomic E-state index is 12.2. The summed E-state index contributed by atoms with van der Waals surface area (Å²) in [7, 11) is 0. The first kappa shape index (κ1) is 14.8. The van der Waals surface area contributed by atoms with Crippen molar-refractivity contribution in [2.75, 3.05) is 6.54 Å². The van der Waals surface area contributed by atoms with Crippen molar-refractivity contribution in [2.45, 2.75) is 76.7 Å². The third-order valence-corrected chi connectivity index (χ3v) is 5.03. The molecule has 3 nitrogen and oxygen atoms in total. The first-order chi connectivity index (χ1) is 9.10. The smallest absolute Gasteiger partial charge is 0.240 e. The van der Waals surface area contributed by atoms with Gasteiger partial charge in [0.1, 0.15) is 0 Å². The Bertz CT molecular complexity index is 299. The standard InChI is InChI=1S/C16H30N2O/c1-13-6-4-10-16(17,12-13)15(19)18-11-5-9-14-7-2-3-8-14/h13-14H,2-12,17H2,1H3,(H,18,19). The lowest BCUT2D eigenvalue weighted by atomic mass is 9.76. The van der Waals surface area contributed by atoms with Gasteiger partial charge in [-0.3, -0.25) is 4.79 Å². The van der Waals surface area contributed by atoms with Gasteiger partial charge in [-0.2, -0.15) is 0 Å². The lowest BCUT2D eigenvalue weighted by Crippen LogP contribution is -2.56. The predicted molar refractivity (Wildman–Crippen MR) is 78.8 cm³/mol. The molecule has 0 saturated heterocycles. The van der Waals surface area contributed by atoms with Crippen LogP contribution in [-0.4, -0.2) is 18.0 Å². The van der Waals surface area contributed by atoms with Crippen molar-refractivity contribution in [1.29, 1.82) is 0 Å². The van der Waals surface area contributed by atoms with Gasteiger partial charge >= 0.3 is 0 Å². The molecule has 0 radical (unpaired) electrons. The van der Waals surface area contributed by atoms with Crippen molar-refractivity contribution in [2.24, 2.45) is 17.6 Å². The average molecular weight is 266 g/mol. The molecule has 1 amide bonds. The predicted octanol–water partition coefficient (Wildman–Crippen LogP) is 2.98. The Morgan fingerprint density at radius 2 is 2.00 bits per heavy atom. The summed E-state index contributed by atoms with van der Waals surface area (Å²) < 4.78 is 0. The van der Waals surface area contributed by atoms with Crippen molar-refractivity contribution in [3.05, 3.63) is 0 Å². The molecule has 0 aromatic rings. The normalized spacial score (nSPS) is 32.4. The third-order valence-electron chi connectivity index (χ3n) is 5.03. The highest BCUT2D eigenvalue weighted by Gasteiger charge is 2.37. The van der Waals surface area contributed by atoms with E-state index in [0.717, 1.165) is 38.1 Å². The summed E-state index contributed by atoms with van der Waals surface area (Å²) in [5, 5.41) is 3.07. The Morgan fingerprint density at radius 1 is 1.26 bits per heavy atom. The highest BCUT2D eigenvalue weighted by molar-refractivity contribution is 5.86. The molecular formula is C16H30N2O. The zero-order valence-corrected chi connectivity index (χ0v) is 12.4. The van der Waals surface area contributed by atoms with Crippen LogP contribution in [0, 0.1) is 11.8 Å². The summed E-state index contributed by atoms with van der Waals surface area (Å²) >= 11 is 0. The van der Waals surface area contributed by atoms with Crippen LogP contribution in [0.25, 0.3) is 0 Å². The summed E-state index contributed by atoms with van der Waals surface area (Å²) in [5.41, 5.74) is 5.69. The van der Waals surface area contributed by atoms with E-state index in [4.69, 9.17) is 5.73 Å². The molecule has 2 unspecified atom stereocenters. The second-order valence-electron chi connectivity index (χ2n) is 6.91. The van der Waals surface area contributed by atoms with Crippen LogP contribution in [0.2, 0.25) is 0 Å². The molecule has 110 valence electrons. The molecule has 0 heterocycles. The van der Waals surface area contributed by atoms with E-state index in [9.17, 15) is 4.79 Å². The molecule has 3 heteroatoms. The van der Waals surface area contributed by atoms with Crippen molar-refractivity contribution in [3.63, 3.8) is 0 Å². The van der Waals surface area contributed by atoms with Gasteiger partial charge < -0.3 is 11.1 Å². The number of hydrogen-bond acceptors (Lipinski definition) is 2. The van der Waals surface area contributed by atoms with Crippen LogP contribution >= 0.6 is 0 Å². The molecule has 0 aromatic carbocycles. The van der Waals surface area contributed by atoms with Gasteiger partial charge in [-0.05, 0) is 37.5 Å². The van der Waals surface area contributed by atoms with E-state index in [1.54, 1.807) is 0 Å². The van der Waals surface area contributed by atoms with Crippen LogP contribution in [0.1, 0.15) is 71.1 Å². The Balaban J connectivity index is 1.65. The van der Waals surface area contributed by atoms with Crippen molar-refractivity contribution in [1.82, 2.24) is 5.32 Å². The number of nitrogens with one attached hydrogen (secondary N) is 1. The van der Waals surface area contributed by atoms with Gasteiger partial charge in [0.15, 0.2) is 0 Å². The summed E-state index contributed by atoms with van der Waals surface area (Å²) in [5.74, 6) is 1.59. The largest absolute Gasteiger partial charge is 0.355 e. The Labute approximate surface area is 117 Å². The summed E-state index contributed by atoms with van der Waals surface area (Å²) in [4.78, 5) is 12.2. The molecule has 2 aliphatic rings. The number of carbonyl (C=O) groups excluding carboxylic acids is 1. The zero-order valence-electron chi connectivity index (χ0n) is 12.4. The maximum Gasteiger partial charge on any atom is 0.240 e. The minimum Gasteiger partial charge on any atom is -0.355 e. The molecule has 2 rings (SSSR count). The summed E-state index contributed by atoms with van der Waals surface area (Å²) in [6.07, 6.45) is 12.0. The molecule has 2 aliphatic carbocycles. The van der Waals surface area contributed by atoms with Gasteiger partial charge in [0.25, 0.3) is 0 Å². The minimum absolute atomic E-state index is 0.0884. The average Bonchev–Trinajstić information content (AvgIpc) is 2.87. The molecule has 0 aromatic heterocycles. The number of carbonyl (C=O) groups is 1. The summed E-state index contributed by atoms with van der Waals surface area (Å²) in [6, 6.07) is 0. The fourth-order valence-electron chi connectivity index (χ4n) is 3.87. The van der Waals surface area contributed by atoms with Gasteiger partial charge in [-0.1, -0.05) is 45.4 Å². The van der Waals surface area contributed by atoms with Crippen molar-refractivity contribution < 1.29 is 4.79 Å². The van der Waals surface area contributed by atoms with E-state index in [1.807, 2.05) is 0 Å². The first-order valence-corrected chi connectivity index (χ1v) is 8.17. The minimum atomic E-state index is -0.592. The quantitative estimate of drug-likeness (QED) is 0.752. The number of rotatable bonds is 5. The van der Waals surface area contributed by atoms with Crippen LogP contribution < -0.4 is 11.1 Å². The van der Waals surface area contributed by atoms with Crippen LogP contribution in [0.4, 0.5) is 0 Å². The topological polar surface area (TPSA) is 55.1 Å². The number of amides is 1. The molecule has 0 aliphatic heterocycles. The lowest BCUT2D eigenvalue weighted by Gasteiger charge is -2.35. The zero-order chi connectivity index (χ0) is 13.7. The van der Waals surface area contributed by atoms with Crippen LogP contribution in [0.15, 0.2) is 0 Å². The van der Waals surface area contributed by atoms with E-state index in [-0.39, 0.29) is 5.91 Å². The molecule has 19 heavy (non-hydrogen) atoms. The Kier molecular flexibility index (Phi) is 5.26. The van der Waals surface area contributed by atoms with E-state index < -0.39 is 5.54 Å². The second kappa shape index (κ2) is 6.74. The highest BCUT2D eigenvalue weighted by Crippen LogP contribution is 2.31. The molecule has 0 bridgehead atoms. The number of hydrogen-bond donors (Lipinski definition) is 2. The molecule has 2 fully saturated rings. The molecule has 2 atom stereocenters. The van der Waals surface area contributed by atoms with Crippen LogP contribution in [0.5, 0.6) is 0 Å². The first-order valence-electron chi connectivity index (χ1n) is 8.17. The Hall–Kier alpha value is -0.570. The monoisotopic (exact) mass is 266 g/mol. The molecule has 0 spiro atoms. The van der Waals surface area contributed by atoms with Crippen LogP contribution in [-0.2, 0) is 4.79 Å². The van der Waals surface area contributed by atoms with Gasteiger partial charge in [0.2, 0.25) is 5.91 Å². The fraction of sp³-hybridized carbons (Fsp3) is 0.938. The van der Waals surface area contributed by atoms with Gasteiger partial charge in [-0.25, -0.2) is 0 Å². The second-order valence-corrected chi connectivity index (χ2v) is 6.91. The SMILES string of the molecule is CC1CCCC(N)(C(=O)NCCCC2CCCC2)C1. The maximum atomic E-state index is 12.2. The lowest BCUT2D eigenvalue weighted by molar-refractivity contribution is -0.128. The molecule has 3 N–H and O–H groups in total. The molecular weight excluding hydrogens is 236 g/mol. The van der Waals surface area contributed by atoms with Gasteiger partial charge in [0, 0.05) is 6.54 Å². The van der Waals surface area contributed by atoms with E-state index in [0.29, 0.717) is 5.92 Å². The van der Waals surface area contributed by atoms with E-state index in [2.05, 4.69) is 12.2 Å². The number of nitrogens with two attached hydrogens (primary N) is 1. The van der Waals surface area contributed by atoms with Gasteiger partial charge in [-0.15, -0.1) is 0 Å².